The number of aryl methyl sites for hydroxylation is 1. The topological polar surface area (TPSA) is 95.3 Å². The number of furan rings is 1. The van der Waals surface area contributed by atoms with Crippen molar-refractivity contribution in [2.24, 2.45) is 0 Å². The highest BCUT2D eigenvalue weighted by Gasteiger charge is 2.13. The fourth-order valence-electron chi connectivity index (χ4n) is 1.57. The van der Waals surface area contributed by atoms with Gasteiger partial charge in [-0.1, -0.05) is 11.3 Å². The van der Waals surface area contributed by atoms with Crippen LogP contribution in [0.15, 0.2) is 20.7 Å². The molecule has 0 unspecified atom stereocenters. The molecule has 2 aromatic heterocycles. The van der Waals surface area contributed by atoms with E-state index in [1.165, 1.54) is 0 Å². The van der Waals surface area contributed by atoms with E-state index in [1.807, 2.05) is 0 Å². The Morgan fingerprint density at radius 3 is 2.89 bits per heavy atom. The summed E-state index contributed by atoms with van der Waals surface area (Å²) < 4.78 is 5.19. The monoisotopic (exact) mass is 268 g/mol. The second-order valence-electron chi connectivity index (χ2n) is 3.81. The second-order valence-corrected chi connectivity index (χ2v) is 4.65. The van der Waals surface area contributed by atoms with Gasteiger partial charge in [0.1, 0.15) is 5.76 Å². The third-order valence-electron chi connectivity index (χ3n) is 2.35. The number of aromatic amines is 1. The van der Waals surface area contributed by atoms with Crippen molar-refractivity contribution in [3.8, 4) is 0 Å². The summed E-state index contributed by atoms with van der Waals surface area (Å²) in [6.07, 6.45) is 0. The molecule has 0 radical (unpaired) electrons. The number of carbonyl (C=O) groups is 1. The van der Waals surface area contributed by atoms with Crippen LogP contribution in [0.3, 0.4) is 0 Å². The van der Waals surface area contributed by atoms with E-state index in [9.17, 15) is 9.59 Å². The predicted molar refractivity (Wildman–Crippen MR) is 65.9 cm³/mol. The van der Waals surface area contributed by atoms with Crippen molar-refractivity contribution in [3.05, 3.63) is 43.9 Å². The van der Waals surface area contributed by atoms with E-state index in [-0.39, 0.29) is 10.6 Å². The van der Waals surface area contributed by atoms with Crippen molar-refractivity contribution in [1.29, 1.82) is 0 Å². The first-order valence-electron chi connectivity index (χ1n) is 5.26. The maximum absolute atomic E-state index is 10.9. The molecule has 0 saturated heterocycles. The Morgan fingerprint density at radius 1 is 1.56 bits per heavy atom. The van der Waals surface area contributed by atoms with Gasteiger partial charge in [0, 0.05) is 23.2 Å². The molecule has 18 heavy (non-hydrogen) atoms. The van der Waals surface area contributed by atoms with Crippen LogP contribution in [0.4, 0.5) is 0 Å². The van der Waals surface area contributed by atoms with Gasteiger partial charge in [0.05, 0.1) is 6.54 Å². The van der Waals surface area contributed by atoms with E-state index >= 15 is 0 Å². The van der Waals surface area contributed by atoms with Gasteiger partial charge in [0.25, 0.3) is 0 Å². The number of hydrogen-bond donors (Lipinski definition) is 3. The Hall–Kier alpha value is -1.86. The van der Waals surface area contributed by atoms with Crippen molar-refractivity contribution in [1.82, 2.24) is 10.3 Å². The lowest BCUT2D eigenvalue weighted by atomic mass is 10.2. The predicted octanol–water partition coefficient (Wildman–Crippen LogP) is 1.33. The highest BCUT2D eigenvalue weighted by molar-refractivity contribution is 7.07. The van der Waals surface area contributed by atoms with Crippen molar-refractivity contribution in [3.63, 3.8) is 0 Å². The van der Waals surface area contributed by atoms with Crippen LogP contribution in [0, 0.1) is 6.92 Å². The minimum absolute atomic E-state index is 0.0317. The molecule has 0 fully saturated rings. The maximum atomic E-state index is 10.9. The standard InChI is InChI=1S/C11H12N2O4S/c1-6-2-8(17-9(6)10(14)15)4-12-3-7-5-18-11(16)13-7/h2,5,12H,3-4H2,1H3,(H,13,16)(H,14,15). The molecular formula is C11H12N2O4S. The molecule has 0 aliphatic carbocycles. The molecule has 0 aromatic carbocycles. The van der Waals surface area contributed by atoms with E-state index in [0.29, 0.717) is 24.4 Å². The number of aromatic carboxylic acids is 1. The van der Waals surface area contributed by atoms with Gasteiger partial charge in [0.15, 0.2) is 0 Å². The highest BCUT2D eigenvalue weighted by atomic mass is 32.1. The number of carboxylic acid groups (broad SMARTS) is 1. The second kappa shape index (κ2) is 5.19. The van der Waals surface area contributed by atoms with E-state index in [4.69, 9.17) is 9.52 Å². The SMILES string of the molecule is Cc1cc(CNCc2csc(=O)[nH]2)oc1C(=O)O. The molecule has 0 aliphatic heterocycles. The summed E-state index contributed by atoms with van der Waals surface area (Å²) in [5.74, 6) is -0.542. The molecular weight excluding hydrogens is 256 g/mol. The lowest BCUT2D eigenvalue weighted by molar-refractivity contribution is 0.0659. The average Bonchev–Trinajstić information content (AvgIpc) is 2.85. The van der Waals surface area contributed by atoms with E-state index < -0.39 is 5.97 Å². The van der Waals surface area contributed by atoms with Gasteiger partial charge in [-0.25, -0.2) is 4.79 Å². The number of nitrogens with one attached hydrogen (secondary N) is 2. The van der Waals surface area contributed by atoms with Crippen molar-refractivity contribution < 1.29 is 14.3 Å². The molecule has 0 aliphatic rings. The van der Waals surface area contributed by atoms with Gasteiger partial charge < -0.3 is 19.8 Å². The third kappa shape index (κ3) is 2.88. The molecule has 7 heteroatoms. The molecule has 0 amide bonds. The van der Waals surface area contributed by atoms with Crippen LogP contribution in [-0.4, -0.2) is 16.1 Å². The van der Waals surface area contributed by atoms with E-state index in [1.54, 1.807) is 18.4 Å². The zero-order valence-corrected chi connectivity index (χ0v) is 10.5. The molecule has 0 atom stereocenters. The van der Waals surface area contributed by atoms with Crippen LogP contribution < -0.4 is 10.2 Å². The Balaban J connectivity index is 1.92. The Labute approximate surface area is 106 Å². The van der Waals surface area contributed by atoms with Gasteiger partial charge in [0.2, 0.25) is 5.76 Å². The van der Waals surface area contributed by atoms with Crippen LogP contribution in [0.5, 0.6) is 0 Å². The number of hydrogen-bond acceptors (Lipinski definition) is 5. The molecule has 3 N–H and O–H groups in total. The Morgan fingerprint density at radius 2 is 2.33 bits per heavy atom. The summed E-state index contributed by atoms with van der Waals surface area (Å²) in [4.78, 5) is 24.3. The third-order valence-corrected chi connectivity index (χ3v) is 3.07. The zero-order valence-electron chi connectivity index (χ0n) is 9.65. The van der Waals surface area contributed by atoms with Gasteiger partial charge in [-0.3, -0.25) is 4.79 Å². The summed E-state index contributed by atoms with van der Waals surface area (Å²) in [6.45, 7) is 2.60. The van der Waals surface area contributed by atoms with E-state index in [2.05, 4.69) is 10.3 Å². The average molecular weight is 268 g/mol. The summed E-state index contributed by atoms with van der Waals surface area (Å²) in [5, 5.41) is 13.6. The minimum Gasteiger partial charge on any atom is -0.475 e. The molecule has 96 valence electrons. The first kappa shape index (κ1) is 12.6. The van der Waals surface area contributed by atoms with Crippen molar-refractivity contribution >= 4 is 17.3 Å². The van der Waals surface area contributed by atoms with Gasteiger partial charge in [-0.2, -0.15) is 0 Å². The molecule has 0 spiro atoms. The fourth-order valence-corrected chi connectivity index (χ4v) is 2.15. The number of carboxylic acids is 1. The maximum Gasteiger partial charge on any atom is 0.372 e. The summed E-state index contributed by atoms with van der Waals surface area (Å²) in [5.41, 5.74) is 1.40. The number of aromatic nitrogens is 1. The van der Waals surface area contributed by atoms with Crippen LogP contribution in [-0.2, 0) is 13.1 Å². The number of H-pyrrole nitrogens is 1. The molecule has 0 saturated carbocycles. The first-order valence-corrected chi connectivity index (χ1v) is 6.14. The largest absolute Gasteiger partial charge is 0.475 e. The first-order chi connectivity index (χ1) is 8.56. The van der Waals surface area contributed by atoms with Crippen molar-refractivity contribution in [2.45, 2.75) is 20.0 Å². The molecule has 6 nitrogen and oxygen atoms in total. The van der Waals surface area contributed by atoms with Crippen LogP contribution in [0.1, 0.15) is 27.6 Å². The highest BCUT2D eigenvalue weighted by Crippen LogP contribution is 2.14. The lowest BCUT2D eigenvalue weighted by Gasteiger charge is -1.99. The van der Waals surface area contributed by atoms with Gasteiger partial charge in [-0.15, -0.1) is 0 Å². The van der Waals surface area contributed by atoms with Gasteiger partial charge >= 0.3 is 10.8 Å². The quantitative estimate of drug-likeness (QED) is 0.760. The minimum atomic E-state index is -1.07. The Bertz CT molecular complexity index is 611. The van der Waals surface area contributed by atoms with Crippen LogP contribution >= 0.6 is 11.3 Å². The lowest BCUT2D eigenvalue weighted by Crippen LogP contribution is -2.13. The normalized spacial score (nSPS) is 10.7. The smallest absolute Gasteiger partial charge is 0.372 e. The summed E-state index contributed by atoms with van der Waals surface area (Å²) >= 11 is 1.11. The fraction of sp³-hybridized carbons (Fsp3) is 0.273. The zero-order chi connectivity index (χ0) is 13.1. The molecule has 0 bridgehead atoms. The van der Waals surface area contributed by atoms with E-state index in [0.717, 1.165) is 17.0 Å². The van der Waals surface area contributed by atoms with Crippen LogP contribution in [0.25, 0.3) is 0 Å². The number of thiazole rings is 1. The van der Waals surface area contributed by atoms with Crippen LogP contribution in [0.2, 0.25) is 0 Å². The summed E-state index contributed by atoms with van der Waals surface area (Å²) in [6, 6.07) is 1.69. The molecule has 2 rings (SSSR count). The Kier molecular flexibility index (Phi) is 3.63. The summed E-state index contributed by atoms with van der Waals surface area (Å²) in [7, 11) is 0. The molecule has 2 heterocycles. The molecule has 2 aromatic rings. The van der Waals surface area contributed by atoms with Gasteiger partial charge in [-0.05, 0) is 13.0 Å². The van der Waals surface area contributed by atoms with Crippen molar-refractivity contribution in [2.75, 3.05) is 0 Å². The number of rotatable bonds is 5.